The van der Waals surface area contributed by atoms with Crippen molar-refractivity contribution in [3.05, 3.63) is 59.9 Å². The second-order valence-corrected chi connectivity index (χ2v) is 6.26. The van der Waals surface area contributed by atoms with Crippen molar-refractivity contribution in [3.8, 4) is 5.75 Å². The van der Waals surface area contributed by atoms with Crippen molar-refractivity contribution in [2.75, 3.05) is 19.7 Å². The predicted molar refractivity (Wildman–Crippen MR) is 107 cm³/mol. The number of nitrogens with one attached hydrogen (secondary N) is 2. The Balaban J connectivity index is 1.50. The molecular formula is C21H24N4O3. The fourth-order valence-corrected chi connectivity index (χ4v) is 3.04. The Labute approximate surface area is 163 Å². The van der Waals surface area contributed by atoms with Crippen LogP contribution in [-0.2, 0) is 11.3 Å². The maximum absolute atomic E-state index is 12.3. The van der Waals surface area contributed by atoms with E-state index in [0.29, 0.717) is 31.0 Å². The number of para-hydroxylation sites is 3. The molecular weight excluding hydrogens is 356 g/mol. The third-order valence-electron chi connectivity index (χ3n) is 4.34. The minimum atomic E-state index is -0.337. The third-order valence-corrected chi connectivity index (χ3v) is 4.34. The first kappa shape index (κ1) is 19.4. The van der Waals surface area contributed by atoms with Gasteiger partial charge in [0.15, 0.2) is 0 Å². The molecule has 2 amide bonds. The second-order valence-electron chi connectivity index (χ2n) is 6.26. The van der Waals surface area contributed by atoms with E-state index in [9.17, 15) is 9.59 Å². The van der Waals surface area contributed by atoms with E-state index in [0.717, 1.165) is 16.9 Å². The van der Waals surface area contributed by atoms with Gasteiger partial charge in [-0.2, -0.15) is 0 Å². The van der Waals surface area contributed by atoms with Gasteiger partial charge in [0.25, 0.3) is 5.91 Å². The molecule has 0 radical (unpaired) electrons. The lowest BCUT2D eigenvalue weighted by atomic mass is 10.2. The van der Waals surface area contributed by atoms with Crippen molar-refractivity contribution in [2.45, 2.75) is 20.4 Å². The van der Waals surface area contributed by atoms with Crippen molar-refractivity contribution in [1.29, 1.82) is 0 Å². The van der Waals surface area contributed by atoms with Gasteiger partial charge in [0.1, 0.15) is 11.6 Å². The number of carbonyl (C=O) groups is 2. The lowest BCUT2D eigenvalue weighted by Gasteiger charge is -2.11. The number of benzene rings is 2. The molecule has 3 rings (SSSR count). The molecule has 28 heavy (non-hydrogen) atoms. The first-order chi connectivity index (χ1) is 13.6. The van der Waals surface area contributed by atoms with Crippen LogP contribution in [0.25, 0.3) is 11.0 Å². The number of carbonyl (C=O) groups excluding carboxylic acids is 2. The summed E-state index contributed by atoms with van der Waals surface area (Å²) in [6.07, 6.45) is 0. The molecule has 0 atom stereocenters. The van der Waals surface area contributed by atoms with E-state index < -0.39 is 0 Å². The molecule has 0 saturated heterocycles. The highest BCUT2D eigenvalue weighted by molar-refractivity contribution is 5.98. The summed E-state index contributed by atoms with van der Waals surface area (Å²) in [7, 11) is 0. The van der Waals surface area contributed by atoms with Gasteiger partial charge >= 0.3 is 0 Å². The molecule has 7 nitrogen and oxygen atoms in total. The number of rotatable bonds is 8. The predicted octanol–water partition coefficient (Wildman–Crippen LogP) is 2.29. The van der Waals surface area contributed by atoms with Gasteiger partial charge in [0.2, 0.25) is 5.91 Å². The van der Waals surface area contributed by atoms with Crippen LogP contribution in [0, 0.1) is 6.92 Å². The monoisotopic (exact) mass is 380 g/mol. The Morgan fingerprint density at radius 2 is 1.82 bits per heavy atom. The Kier molecular flexibility index (Phi) is 6.26. The maximum atomic E-state index is 12.3. The van der Waals surface area contributed by atoms with Gasteiger partial charge in [-0.3, -0.25) is 9.59 Å². The van der Waals surface area contributed by atoms with Crippen LogP contribution in [0.2, 0.25) is 0 Å². The molecule has 0 fully saturated rings. The van der Waals surface area contributed by atoms with E-state index in [1.165, 1.54) is 0 Å². The third kappa shape index (κ3) is 4.49. The highest BCUT2D eigenvalue weighted by Gasteiger charge is 2.13. The first-order valence-electron chi connectivity index (χ1n) is 9.28. The standard InChI is InChI=1S/C21H24N4O3/c1-3-28-19-11-7-4-8-16(19)21(27)23-14-20(26)22-12-13-25-15(2)24-17-9-5-6-10-18(17)25/h4-11H,3,12-14H2,1-2H3,(H,22,26)(H,23,27). The van der Waals surface area contributed by atoms with Crippen LogP contribution in [0.1, 0.15) is 23.1 Å². The zero-order valence-electron chi connectivity index (χ0n) is 16.1. The van der Waals surface area contributed by atoms with Crippen LogP contribution >= 0.6 is 0 Å². The summed E-state index contributed by atoms with van der Waals surface area (Å²) in [5, 5.41) is 5.46. The van der Waals surface area contributed by atoms with E-state index in [4.69, 9.17) is 4.74 Å². The van der Waals surface area contributed by atoms with Gasteiger partial charge in [-0.25, -0.2) is 4.98 Å². The Morgan fingerprint density at radius 3 is 2.64 bits per heavy atom. The lowest BCUT2D eigenvalue weighted by molar-refractivity contribution is -0.120. The van der Waals surface area contributed by atoms with Crippen molar-refractivity contribution < 1.29 is 14.3 Å². The highest BCUT2D eigenvalue weighted by atomic mass is 16.5. The number of fused-ring (bicyclic) bond motifs is 1. The summed E-state index contributed by atoms with van der Waals surface area (Å²) >= 11 is 0. The van der Waals surface area contributed by atoms with Crippen LogP contribution in [0.15, 0.2) is 48.5 Å². The normalized spacial score (nSPS) is 10.6. The minimum Gasteiger partial charge on any atom is -0.493 e. The van der Waals surface area contributed by atoms with E-state index in [1.807, 2.05) is 38.1 Å². The van der Waals surface area contributed by atoms with Gasteiger partial charge in [-0.15, -0.1) is 0 Å². The summed E-state index contributed by atoms with van der Waals surface area (Å²) in [6.45, 7) is 5.23. The van der Waals surface area contributed by atoms with Gasteiger partial charge < -0.3 is 19.9 Å². The van der Waals surface area contributed by atoms with Gasteiger partial charge in [-0.1, -0.05) is 24.3 Å². The maximum Gasteiger partial charge on any atom is 0.255 e. The van der Waals surface area contributed by atoms with Gasteiger partial charge in [0.05, 0.1) is 29.7 Å². The highest BCUT2D eigenvalue weighted by Crippen LogP contribution is 2.17. The molecule has 7 heteroatoms. The molecule has 2 aromatic carbocycles. The number of nitrogens with zero attached hydrogens (tertiary/aromatic N) is 2. The van der Waals surface area contributed by atoms with E-state index >= 15 is 0 Å². The number of aromatic nitrogens is 2. The van der Waals surface area contributed by atoms with Crippen LogP contribution in [0.3, 0.4) is 0 Å². The van der Waals surface area contributed by atoms with E-state index in [2.05, 4.69) is 20.2 Å². The average molecular weight is 380 g/mol. The summed E-state index contributed by atoms with van der Waals surface area (Å²) in [4.78, 5) is 28.9. The van der Waals surface area contributed by atoms with Crippen LogP contribution in [-0.4, -0.2) is 41.1 Å². The van der Waals surface area contributed by atoms with Crippen molar-refractivity contribution in [1.82, 2.24) is 20.2 Å². The molecule has 2 N–H and O–H groups in total. The van der Waals surface area contributed by atoms with Crippen LogP contribution in [0.5, 0.6) is 5.75 Å². The molecule has 0 aliphatic carbocycles. The SMILES string of the molecule is CCOc1ccccc1C(=O)NCC(=O)NCCn1c(C)nc2ccccc21. The van der Waals surface area contributed by atoms with Crippen LogP contribution in [0.4, 0.5) is 0 Å². The number of ether oxygens (including phenoxy) is 1. The molecule has 0 saturated carbocycles. The molecule has 0 unspecified atom stereocenters. The molecule has 0 aliphatic rings. The minimum absolute atomic E-state index is 0.0943. The molecule has 1 aromatic heterocycles. The number of amides is 2. The lowest BCUT2D eigenvalue weighted by Crippen LogP contribution is -2.38. The zero-order valence-corrected chi connectivity index (χ0v) is 16.1. The Hall–Kier alpha value is -3.35. The second kappa shape index (κ2) is 9.03. The van der Waals surface area contributed by atoms with E-state index in [1.54, 1.807) is 24.3 Å². The van der Waals surface area contributed by atoms with E-state index in [-0.39, 0.29) is 18.4 Å². The molecule has 146 valence electrons. The fraction of sp³-hybridized carbons (Fsp3) is 0.286. The summed E-state index contributed by atoms with van der Waals surface area (Å²) in [5.41, 5.74) is 2.39. The molecule has 0 spiro atoms. The van der Waals surface area contributed by atoms with Crippen LogP contribution < -0.4 is 15.4 Å². The summed E-state index contributed by atoms with van der Waals surface area (Å²) in [6, 6.07) is 14.9. The van der Waals surface area contributed by atoms with Crippen molar-refractivity contribution >= 4 is 22.8 Å². The smallest absolute Gasteiger partial charge is 0.255 e. The zero-order chi connectivity index (χ0) is 19.9. The quantitative estimate of drug-likeness (QED) is 0.628. The van der Waals surface area contributed by atoms with Crippen molar-refractivity contribution in [2.24, 2.45) is 0 Å². The summed E-state index contributed by atoms with van der Waals surface area (Å²) in [5.74, 6) is 0.821. The average Bonchev–Trinajstić information content (AvgIpc) is 3.02. The Morgan fingerprint density at radius 1 is 1.07 bits per heavy atom. The first-order valence-corrected chi connectivity index (χ1v) is 9.28. The fourth-order valence-electron chi connectivity index (χ4n) is 3.04. The molecule has 3 aromatic rings. The van der Waals surface area contributed by atoms with Crippen molar-refractivity contribution in [3.63, 3.8) is 0 Å². The Bertz CT molecular complexity index is 981. The number of hydrogen-bond acceptors (Lipinski definition) is 4. The van der Waals surface area contributed by atoms with Gasteiger partial charge in [0, 0.05) is 13.1 Å². The largest absolute Gasteiger partial charge is 0.493 e. The number of hydrogen-bond donors (Lipinski definition) is 2. The molecule has 0 bridgehead atoms. The topological polar surface area (TPSA) is 85.2 Å². The summed E-state index contributed by atoms with van der Waals surface area (Å²) < 4.78 is 7.51. The number of aryl methyl sites for hydroxylation is 1. The number of imidazole rings is 1. The molecule has 0 aliphatic heterocycles. The van der Waals surface area contributed by atoms with Gasteiger partial charge in [-0.05, 0) is 38.1 Å². The molecule has 1 heterocycles.